The van der Waals surface area contributed by atoms with E-state index in [1.54, 1.807) is 32.4 Å². The lowest BCUT2D eigenvalue weighted by atomic mass is 10.2. The van der Waals surface area contributed by atoms with Crippen LogP contribution in [0.3, 0.4) is 0 Å². The highest BCUT2D eigenvalue weighted by atomic mass is 32.2. The summed E-state index contributed by atoms with van der Waals surface area (Å²) in [7, 11) is 3.11. The van der Waals surface area contributed by atoms with Crippen molar-refractivity contribution in [2.75, 3.05) is 31.1 Å². The minimum Gasteiger partial charge on any atom is -0.497 e. The van der Waals surface area contributed by atoms with E-state index in [0.717, 1.165) is 18.7 Å². The molecular formula is C15H19N5O3S. The molecule has 0 atom stereocenters. The van der Waals surface area contributed by atoms with Crippen LogP contribution in [0.25, 0.3) is 0 Å². The van der Waals surface area contributed by atoms with Gasteiger partial charge in [0.2, 0.25) is 11.1 Å². The minimum atomic E-state index is -0.192. The molecule has 9 heteroatoms. The van der Waals surface area contributed by atoms with E-state index in [0.29, 0.717) is 28.3 Å². The van der Waals surface area contributed by atoms with Crippen LogP contribution in [0.2, 0.25) is 0 Å². The molecule has 0 saturated heterocycles. The van der Waals surface area contributed by atoms with Crippen LogP contribution in [0.15, 0.2) is 23.4 Å². The Hall–Kier alpha value is -2.42. The molecule has 8 nitrogen and oxygen atoms in total. The number of nitrogens with two attached hydrogens (primary N) is 1. The van der Waals surface area contributed by atoms with Crippen LogP contribution in [0.1, 0.15) is 24.6 Å². The Morgan fingerprint density at radius 3 is 2.83 bits per heavy atom. The Morgan fingerprint density at radius 2 is 2.17 bits per heavy atom. The molecule has 0 unspecified atom stereocenters. The molecule has 3 N–H and O–H groups in total. The van der Waals surface area contributed by atoms with Gasteiger partial charge in [0.1, 0.15) is 11.5 Å². The number of benzene rings is 1. The Bertz CT molecular complexity index is 745. The molecule has 1 amide bonds. The van der Waals surface area contributed by atoms with Crippen molar-refractivity contribution in [3.05, 3.63) is 24.0 Å². The van der Waals surface area contributed by atoms with Gasteiger partial charge in [-0.15, -0.1) is 10.2 Å². The zero-order valence-electron chi connectivity index (χ0n) is 13.5. The molecule has 0 spiro atoms. The van der Waals surface area contributed by atoms with Gasteiger partial charge in [-0.3, -0.25) is 4.79 Å². The van der Waals surface area contributed by atoms with Gasteiger partial charge in [0.15, 0.2) is 5.82 Å². The highest BCUT2D eigenvalue weighted by molar-refractivity contribution is 7.99. The standard InChI is InChI=1S/C15H19N5O3S/c1-22-10-5-6-12(23-2)11(7-10)17-13(21)8-24-15-19-18-14(20(15)16)9-3-4-9/h5-7,9H,3-4,8,16H2,1-2H3,(H,17,21). The van der Waals surface area contributed by atoms with Gasteiger partial charge in [-0.2, -0.15) is 0 Å². The number of rotatable bonds is 7. The molecule has 1 aromatic carbocycles. The van der Waals surface area contributed by atoms with Crippen LogP contribution in [0, 0.1) is 0 Å². The summed E-state index contributed by atoms with van der Waals surface area (Å²) in [5, 5.41) is 11.5. The fourth-order valence-electron chi connectivity index (χ4n) is 2.23. The summed E-state index contributed by atoms with van der Waals surface area (Å²) in [6.07, 6.45) is 2.19. The topological polar surface area (TPSA) is 104 Å². The fourth-order valence-corrected chi connectivity index (χ4v) is 2.90. The molecular weight excluding hydrogens is 330 g/mol. The molecule has 1 aliphatic carbocycles. The molecule has 24 heavy (non-hydrogen) atoms. The number of aromatic nitrogens is 3. The summed E-state index contributed by atoms with van der Waals surface area (Å²) in [4.78, 5) is 12.2. The van der Waals surface area contributed by atoms with Crippen molar-refractivity contribution >= 4 is 23.4 Å². The van der Waals surface area contributed by atoms with Gasteiger partial charge in [0.05, 0.1) is 25.7 Å². The quantitative estimate of drug-likeness (QED) is 0.578. The Balaban J connectivity index is 1.61. The zero-order valence-corrected chi connectivity index (χ0v) is 14.3. The molecule has 3 rings (SSSR count). The van der Waals surface area contributed by atoms with E-state index in [2.05, 4.69) is 15.5 Å². The van der Waals surface area contributed by atoms with E-state index in [1.807, 2.05) is 0 Å². The summed E-state index contributed by atoms with van der Waals surface area (Å²) >= 11 is 1.24. The first kappa shape index (κ1) is 16.4. The van der Waals surface area contributed by atoms with Crippen molar-refractivity contribution in [1.82, 2.24) is 14.9 Å². The number of hydrogen-bond acceptors (Lipinski definition) is 7. The van der Waals surface area contributed by atoms with E-state index < -0.39 is 0 Å². The van der Waals surface area contributed by atoms with Crippen molar-refractivity contribution in [2.45, 2.75) is 23.9 Å². The molecule has 1 fully saturated rings. The van der Waals surface area contributed by atoms with Crippen molar-refractivity contribution in [2.24, 2.45) is 0 Å². The third kappa shape index (κ3) is 3.56. The van der Waals surface area contributed by atoms with E-state index in [4.69, 9.17) is 15.3 Å². The molecule has 2 aromatic rings. The SMILES string of the molecule is COc1ccc(OC)c(NC(=O)CSc2nnc(C3CC3)n2N)c1. The number of nitrogens with zero attached hydrogens (tertiary/aromatic N) is 3. The maximum atomic E-state index is 12.2. The summed E-state index contributed by atoms with van der Waals surface area (Å²) in [6, 6.07) is 5.21. The first-order chi connectivity index (χ1) is 11.6. The first-order valence-corrected chi connectivity index (χ1v) is 8.46. The van der Waals surface area contributed by atoms with E-state index in [1.165, 1.54) is 16.4 Å². The normalized spacial score (nSPS) is 13.6. The molecule has 1 aromatic heterocycles. The second-order valence-corrected chi connectivity index (χ2v) is 6.33. The number of nitrogens with one attached hydrogen (secondary N) is 1. The Morgan fingerprint density at radius 1 is 1.38 bits per heavy atom. The van der Waals surface area contributed by atoms with Crippen molar-refractivity contribution in [3.8, 4) is 11.5 Å². The largest absolute Gasteiger partial charge is 0.497 e. The van der Waals surface area contributed by atoms with Crippen LogP contribution in [0.4, 0.5) is 5.69 Å². The molecule has 128 valence electrons. The number of nitrogen functional groups attached to an aromatic ring is 1. The highest BCUT2D eigenvalue weighted by Gasteiger charge is 2.30. The van der Waals surface area contributed by atoms with Gasteiger partial charge in [0.25, 0.3) is 0 Å². The van der Waals surface area contributed by atoms with Crippen LogP contribution >= 0.6 is 11.8 Å². The maximum absolute atomic E-state index is 12.2. The second kappa shape index (κ2) is 7.00. The molecule has 0 aliphatic heterocycles. The second-order valence-electron chi connectivity index (χ2n) is 5.39. The van der Waals surface area contributed by atoms with Crippen LogP contribution in [0.5, 0.6) is 11.5 Å². The van der Waals surface area contributed by atoms with E-state index >= 15 is 0 Å². The molecule has 0 radical (unpaired) electrons. The Kier molecular flexibility index (Phi) is 4.79. The number of anilines is 1. The average Bonchev–Trinajstić information content (AvgIpc) is 3.36. The van der Waals surface area contributed by atoms with Gasteiger partial charge < -0.3 is 20.6 Å². The average molecular weight is 349 g/mol. The number of amides is 1. The predicted molar refractivity (Wildman–Crippen MR) is 91.0 cm³/mol. The molecule has 1 aliphatic rings. The van der Waals surface area contributed by atoms with Gasteiger partial charge in [-0.1, -0.05) is 11.8 Å². The molecule has 1 heterocycles. The fraction of sp³-hybridized carbons (Fsp3) is 0.400. The van der Waals surface area contributed by atoms with Gasteiger partial charge >= 0.3 is 0 Å². The van der Waals surface area contributed by atoms with Crippen LogP contribution < -0.4 is 20.6 Å². The van der Waals surface area contributed by atoms with Crippen molar-refractivity contribution in [3.63, 3.8) is 0 Å². The predicted octanol–water partition coefficient (Wildman–Crippen LogP) is 1.62. The number of hydrogen-bond donors (Lipinski definition) is 2. The monoisotopic (exact) mass is 349 g/mol. The van der Waals surface area contributed by atoms with Crippen LogP contribution in [-0.2, 0) is 4.79 Å². The number of thioether (sulfide) groups is 1. The summed E-state index contributed by atoms with van der Waals surface area (Å²) in [5.41, 5.74) is 0.551. The summed E-state index contributed by atoms with van der Waals surface area (Å²) in [5.74, 6) is 8.33. The van der Waals surface area contributed by atoms with E-state index in [-0.39, 0.29) is 11.7 Å². The van der Waals surface area contributed by atoms with Gasteiger partial charge in [-0.25, -0.2) is 4.68 Å². The van der Waals surface area contributed by atoms with Crippen molar-refractivity contribution < 1.29 is 14.3 Å². The van der Waals surface area contributed by atoms with Gasteiger partial charge in [0, 0.05) is 12.0 Å². The third-order valence-corrected chi connectivity index (χ3v) is 4.59. The lowest BCUT2D eigenvalue weighted by Gasteiger charge is -2.11. The number of carbonyl (C=O) groups is 1. The number of methoxy groups -OCH3 is 2. The lowest BCUT2D eigenvalue weighted by Crippen LogP contribution is -2.17. The highest BCUT2D eigenvalue weighted by Crippen LogP contribution is 2.39. The minimum absolute atomic E-state index is 0.167. The third-order valence-electron chi connectivity index (χ3n) is 3.65. The smallest absolute Gasteiger partial charge is 0.234 e. The number of carbonyl (C=O) groups excluding carboxylic acids is 1. The summed E-state index contributed by atoms with van der Waals surface area (Å²) < 4.78 is 11.9. The maximum Gasteiger partial charge on any atom is 0.234 e. The molecule has 0 bridgehead atoms. The van der Waals surface area contributed by atoms with Crippen molar-refractivity contribution in [1.29, 1.82) is 0 Å². The van der Waals surface area contributed by atoms with Gasteiger partial charge in [-0.05, 0) is 25.0 Å². The van der Waals surface area contributed by atoms with Crippen LogP contribution in [-0.4, -0.2) is 40.8 Å². The Labute approximate surface area is 143 Å². The summed E-state index contributed by atoms with van der Waals surface area (Å²) in [6.45, 7) is 0. The van der Waals surface area contributed by atoms with E-state index in [9.17, 15) is 4.79 Å². The lowest BCUT2D eigenvalue weighted by molar-refractivity contribution is -0.113. The zero-order chi connectivity index (χ0) is 17.1. The number of ether oxygens (including phenoxy) is 2. The first-order valence-electron chi connectivity index (χ1n) is 7.47. The molecule has 1 saturated carbocycles.